The summed E-state index contributed by atoms with van der Waals surface area (Å²) in [7, 11) is 0. The maximum Gasteiger partial charge on any atom is 0.272 e. The predicted molar refractivity (Wildman–Crippen MR) is 79.4 cm³/mol. The van der Waals surface area contributed by atoms with Crippen LogP contribution in [0.4, 0.5) is 0 Å². The molecule has 1 fully saturated rings. The first-order valence-electron chi connectivity index (χ1n) is 7.29. The fourth-order valence-corrected chi connectivity index (χ4v) is 2.88. The first-order chi connectivity index (χ1) is 9.47. The highest BCUT2D eigenvalue weighted by Crippen LogP contribution is 2.27. The molecule has 20 heavy (non-hydrogen) atoms. The zero-order valence-electron chi connectivity index (χ0n) is 12.4. The molecule has 0 unspecified atom stereocenters. The normalized spacial score (nSPS) is 17.8. The third-order valence-corrected chi connectivity index (χ3v) is 4.08. The summed E-state index contributed by atoms with van der Waals surface area (Å²) in [6.07, 6.45) is 4.01. The van der Waals surface area contributed by atoms with Crippen LogP contribution in [0.3, 0.4) is 0 Å². The van der Waals surface area contributed by atoms with Gasteiger partial charge in [0.1, 0.15) is 0 Å². The Morgan fingerprint density at radius 2 is 2.00 bits per heavy atom. The second-order valence-corrected chi connectivity index (χ2v) is 6.64. The summed E-state index contributed by atoms with van der Waals surface area (Å²) in [4.78, 5) is 17.0. The van der Waals surface area contributed by atoms with Crippen molar-refractivity contribution < 1.29 is 0 Å². The van der Waals surface area contributed by atoms with E-state index in [0.29, 0.717) is 5.92 Å². The van der Waals surface area contributed by atoms with E-state index >= 15 is 0 Å². The summed E-state index contributed by atoms with van der Waals surface area (Å²) in [5.74, 6) is 0.400. The number of hydrogen-bond acceptors (Lipinski definition) is 3. The van der Waals surface area contributed by atoms with Crippen LogP contribution in [0.1, 0.15) is 50.8 Å². The lowest BCUT2D eigenvalue weighted by Crippen LogP contribution is -2.28. The summed E-state index contributed by atoms with van der Waals surface area (Å²) < 4.78 is 1.55. The first-order valence-corrected chi connectivity index (χ1v) is 7.29. The van der Waals surface area contributed by atoms with Crippen LogP contribution in [0.25, 0.3) is 5.65 Å². The maximum atomic E-state index is 12.3. The third kappa shape index (κ3) is 2.26. The molecule has 0 spiro atoms. The van der Waals surface area contributed by atoms with Gasteiger partial charge in [0.25, 0.3) is 5.56 Å². The van der Waals surface area contributed by atoms with Crippen molar-refractivity contribution in [2.45, 2.75) is 44.9 Å². The zero-order valence-corrected chi connectivity index (χ0v) is 12.4. The molecule has 0 amide bonds. The molecule has 2 aromatic rings. The molecule has 0 atom stereocenters. The summed E-state index contributed by atoms with van der Waals surface area (Å²) in [6, 6.07) is 1.69. The van der Waals surface area contributed by atoms with Gasteiger partial charge in [-0.05, 0) is 31.3 Å². The molecule has 1 aliphatic heterocycles. The highest BCUT2D eigenvalue weighted by atomic mass is 16.1. The quantitative estimate of drug-likeness (QED) is 0.833. The Balaban J connectivity index is 2.13. The SMILES string of the molecule is CC(C)(C)c1c[nH]n2c(=O)cc(C3CCNCC3)nc12. The van der Waals surface area contributed by atoms with Gasteiger partial charge in [-0.2, -0.15) is 0 Å². The number of piperidine rings is 1. The zero-order chi connectivity index (χ0) is 14.3. The fourth-order valence-electron chi connectivity index (χ4n) is 2.88. The summed E-state index contributed by atoms with van der Waals surface area (Å²) in [5, 5.41) is 6.37. The van der Waals surface area contributed by atoms with Crippen molar-refractivity contribution in [3.63, 3.8) is 0 Å². The van der Waals surface area contributed by atoms with E-state index in [1.54, 1.807) is 10.6 Å². The second kappa shape index (κ2) is 4.74. The molecule has 0 aliphatic carbocycles. The third-order valence-electron chi connectivity index (χ3n) is 4.08. The van der Waals surface area contributed by atoms with Gasteiger partial charge in [-0.25, -0.2) is 9.50 Å². The summed E-state index contributed by atoms with van der Waals surface area (Å²) in [5.41, 5.74) is 2.77. The van der Waals surface area contributed by atoms with Crippen molar-refractivity contribution in [2.24, 2.45) is 0 Å². The number of aromatic amines is 1. The van der Waals surface area contributed by atoms with Crippen LogP contribution < -0.4 is 10.9 Å². The minimum atomic E-state index is -0.0303. The average molecular weight is 274 g/mol. The number of hydrogen-bond donors (Lipinski definition) is 2. The molecule has 0 bridgehead atoms. The predicted octanol–water partition coefficient (Wildman–Crippen LogP) is 1.79. The van der Waals surface area contributed by atoms with Gasteiger partial charge in [0, 0.05) is 23.7 Å². The van der Waals surface area contributed by atoms with Gasteiger partial charge in [0.15, 0.2) is 5.65 Å². The van der Waals surface area contributed by atoms with Gasteiger partial charge in [-0.1, -0.05) is 20.8 Å². The van der Waals surface area contributed by atoms with Crippen molar-refractivity contribution in [3.05, 3.63) is 33.9 Å². The van der Waals surface area contributed by atoms with Crippen LogP contribution in [0.15, 0.2) is 17.1 Å². The highest BCUT2D eigenvalue weighted by molar-refractivity contribution is 5.50. The lowest BCUT2D eigenvalue weighted by molar-refractivity contribution is 0.452. The van der Waals surface area contributed by atoms with Gasteiger partial charge < -0.3 is 5.32 Å². The molecule has 5 nitrogen and oxygen atoms in total. The highest BCUT2D eigenvalue weighted by Gasteiger charge is 2.23. The topological polar surface area (TPSA) is 62.2 Å². The number of nitrogens with one attached hydrogen (secondary N) is 2. The monoisotopic (exact) mass is 274 g/mol. The Bertz CT molecular complexity index is 671. The molecule has 1 aliphatic rings. The van der Waals surface area contributed by atoms with E-state index in [0.717, 1.165) is 42.8 Å². The largest absolute Gasteiger partial charge is 0.317 e. The van der Waals surface area contributed by atoms with Crippen LogP contribution in [0, 0.1) is 0 Å². The molecule has 0 radical (unpaired) electrons. The van der Waals surface area contributed by atoms with E-state index < -0.39 is 0 Å². The second-order valence-electron chi connectivity index (χ2n) is 6.64. The molecule has 1 saturated heterocycles. The molecular formula is C15H22N4O. The Morgan fingerprint density at radius 1 is 1.30 bits per heavy atom. The van der Waals surface area contributed by atoms with Crippen molar-refractivity contribution in [3.8, 4) is 0 Å². The number of fused-ring (bicyclic) bond motifs is 1. The maximum absolute atomic E-state index is 12.3. The van der Waals surface area contributed by atoms with Crippen molar-refractivity contribution in [1.29, 1.82) is 0 Å². The number of H-pyrrole nitrogens is 1. The Kier molecular flexibility index (Phi) is 3.17. The molecule has 108 valence electrons. The smallest absolute Gasteiger partial charge is 0.272 e. The molecule has 0 aromatic carbocycles. The van der Waals surface area contributed by atoms with E-state index in [-0.39, 0.29) is 11.0 Å². The van der Waals surface area contributed by atoms with E-state index in [2.05, 4.69) is 31.2 Å². The van der Waals surface area contributed by atoms with Crippen LogP contribution in [-0.2, 0) is 5.41 Å². The van der Waals surface area contributed by atoms with Crippen LogP contribution in [0.2, 0.25) is 0 Å². The Morgan fingerprint density at radius 3 is 2.65 bits per heavy atom. The molecule has 2 N–H and O–H groups in total. The van der Waals surface area contributed by atoms with Crippen LogP contribution >= 0.6 is 0 Å². The minimum Gasteiger partial charge on any atom is -0.317 e. The van der Waals surface area contributed by atoms with Crippen molar-refractivity contribution >= 4 is 5.65 Å². The number of nitrogens with zero attached hydrogens (tertiary/aromatic N) is 2. The van der Waals surface area contributed by atoms with Crippen molar-refractivity contribution in [1.82, 2.24) is 19.9 Å². The Labute approximate surface area is 118 Å². The molecule has 0 saturated carbocycles. The molecule has 3 heterocycles. The van der Waals surface area contributed by atoms with Crippen LogP contribution in [-0.4, -0.2) is 27.7 Å². The standard InChI is InChI=1S/C15H22N4O/c1-15(2,3)11-9-17-19-13(20)8-12(18-14(11)19)10-4-6-16-7-5-10/h8-10,16-17H,4-7H2,1-3H3. The van der Waals surface area contributed by atoms with Crippen LogP contribution in [0.5, 0.6) is 0 Å². The van der Waals surface area contributed by atoms with E-state index in [4.69, 9.17) is 4.98 Å². The van der Waals surface area contributed by atoms with Gasteiger partial charge >= 0.3 is 0 Å². The van der Waals surface area contributed by atoms with E-state index in [1.165, 1.54) is 0 Å². The molecule has 3 rings (SSSR count). The fraction of sp³-hybridized carbons (Fsp3) is 0.600. The van der Waals surface area contributed by atoms with E-state index in [9.17, 15) is 4.79 Å². The average Bonchev–Trinajstić information content (AvgIpc) is 2.84. The minimum absolute atomic E-state index is 0.0148. The molecular weight excluding hydrogens is 252 g/mol. The van der Waals surface area contributed by atoms with Gasteiger partial charge in [-0.3, -0.25) is 9.89 Å². The number of rotatable bonds is 1. The molecule has 2 aromatic heterocycles. The van der Waals surface area contributed by atoms with Gasteiger partial charge in [0.2, 0.25) is 0 Å². The van der Waals surface area contributed by atoms with Crippen molar-refractivity contribution in [2.75, 3.05) is 13.1 Å². The van der Waals surface area contributed by atoms with E-state index in [1.807, 2.05) is 6.20 Å². The van der Waals surface area contributed by atoms with Gasteiger partial charge in [-0.15, -0.1) is 0 Å². The summed E-state index contributed by atoms with van der Waals surface area (Å²) in [6.45, 7) is 8.43. The van der Waals surface area contributed by atoms with Gasteiger partial charge in [0.05, 0.1) is 5.69 Å². The first kappa shape index (κ1) is 13.4. The summed E-state index contributed by atoms with van der Waals surface area (Å²) >= 11 is 0. The number of aromatic nitrogens is 3. The lowest BCUT2D eigenvalue weighted by atomic mass is 9.89. The lowest BCUT2D eigenvalue weighted by Gasteiger charge is -2.22. The molecule has 5 heteroatoms. The Hall–Kier alpha value is -1.62.